The summed E-state index contributed by atoms with van der Waals surface area (Å²) < 4.78 is 5.55. The second-order valence-electron chi connectivity index (χ2n) is 4.35. The van der Waals surface area contributed by atoms with Crippen LogP contribution in [0.2, 0.25) is 0 Å². The highest BCUT2D eigenvalue weighted by Crippen LogP contribution is 2.16. The highest BCUT2D eigenvalue weighted by molar-refractivity contribution is 5.48. The Morgan fingerprint density at radius 1 is 1.37 bits per heavy atom. The quantitative estimate of drug-likeness (QED) is 0.818. The van der Waals surface area contributed by atoms with Gasteiger partial charge in [0.15, 0.2) is 0 Å². The van der Waals surface area contributed by atoms with Crippen LogP contribution in [0.4, 0.5) is 11.6 Å². The molecule has 0 aliphatic heterocycles. The molecule has 0 saturated carbocycles. The number of anilines is 2. The smallest absolute Gasteiger partial charge is 0.134 e. The molecule has 2 heterocycles. The third-order valence-corrected chi connectivity index (χ3v) is 2.68. The van der Waals surface area contributed by atoms with E-state index in [4.69, 9.17) is 10.2 Å². The van der Waals surface area contributed by atoms with Crippen LogP contribution in [0.5, 0.6) is 0 Å². The summed E-state index contributed by atoms with van der Waals surface area (Å²) in [5.74, 6) is 3.44. The molecule has 0 radical (unpaired) electrons. The first kappa shape index (κ1) is 13.4. The van der Waals surface area contributed by atoms with Gasteiger partial charge in [-0.05, 0) is 19.1 Å². The van der Waals surface area contributed by atoms with Crippen molar-refractivity contribution < 1.29 is 4.42 Å². The van der Waals surface area contributed by atoms with E-state index in [9.17, 15) is 0 Å². The third kappa shape index (κ3) is 3.69. The molecule has 19 heavy (non-hydrogen) atoms. The summed E-state index contributed by atoms with van der Waals surface area (Å²) in [5, 5.41) is 3.13. The average molecular weight is 261 g/mol. The predicted molar refractivity (Wildman–Crippen MR) is 75.1 cm³/mol. The summed E-state index contributed by atoms with van der Waals surface area (Å²) in [5.41, 5.74) is 5.45. The number of aryl methyl sites for hydroxylation is 1. The Morgan fingerprint density at radius 3 is 2.89 bits per heavy atom. The van der Waals surface area contributed by atoms with E-state index in [1.54, 1.807) is 0 Å². The van der Waals surface area contributed by atoms with Gasteiger partial charge >= 0.3 is 0 Å². The second-order valence-corrected chi connectivity index (χ2v) is 4.35. The lowest BCUT2D eigenvalue weighted by atomic mass is 10.4. The Hall–Kier alpha value is -2.08. The molecule has 3 N–H and O–H groups in total. The number of nitrogens with one attached hydrogen (secondary N) is 1. The first-order valence-electron chi connectivity index (χ1n) is 6.21. The van der Waals surface area contributed by atoms with Crippen molar-refractivity contribution in [2.24, 2.45) is 5.73 Å². The third-order valence-electron chi connectivity index (χ3n) is 2.68. The molecule has 2 rings (SSSR count). The summed E-state index contributed by atoms with van der Waals surface area (Å²) in [6.45, 7) is 3.86. The van der Waals surface area contributed by atoms with E-state index in [0.717, 1.165) is 23.2 Å². The molecule has 0 aliphatic carbocycles. The highest BCUT2D eigenvalue weighted by Gasteiger charge is 2.07. The van der Waals surface area contributed by atoms with Gasteiger partial charge in [0.25, 0.3) is 0 Å². The molecule has 0 aliphatic rings. The van der Waals surface area contributed by atoms with Gasteiger partial charge in [0.1, 0.15) is 29.5 Å². The van der Waals surface area contributed by atoms with E-state index in [0.29, 0.717) is 19.6 Å². The molecule has 0 unspecified atom stereocenters. The lowest BCUT2D eigenvalue weighted by molar-refractivity contribution is 0.481. The van der Waals surface area contributed by atoms with Gasteiger partial charge in [-0.15, -0.1) is 0 Å². The van der Waals surface area contributed by atoms with Crippen molar-refractivity contribution in [1.82, 2.24) is 9.97 Å². The molecular formula is C13H19N5O. The minimum absolute atomic E-state index is 0.570. The lowest BCUT2D eigenvalue weighted by Crippen LogP contribution is -2.18. The second kappa shape index (κ2) is 6.19. The molecule has 0 amide bonds. The Bertz CT molecular complexity index is 525. The first-order chi connectivity index (χ1) is 9.19. The van der Waals surface area contributed by atoms with Crippen LogP contribution in [0, 0.1) is 6.92 Å². The van der Waals surface area contributed by atoms with Crippen molar-refractivity contribution in [3.05, 3.63) is 36.0 Å². The van der Waals surface area contributed by atoms with Crippen LogP contribution in [0.25, 0.3) is 0 Å². The van der Waals surface area contributed by atoms with Crippen molar-refractivity contribution in [1.29, 1.82) is 0 Å². The Kier molecular flexibility index (Phi) is 4.35. The standard InChI is InChI=1S/C13H19N5O/c1-10-3-4-11(19-10)8-18(2)13-7-12(15-6-5-14)16-9-17-13/h3-4,7,9H,5-6,8,14H2,1-2H3,(H,15,16,17). The minimum atomic E-state index is 0.570. The zero-order valence-corrected chi connectivity index (χ0v) is 11.3. The maximum Gasteiger partial charge on any atom is 0.134 e. The van der Waals surface area contributed by atoms with E-state index in [1.807, 2.05) is 37.1 Å². The van der Waals surface area contributed by atoms with Crippen LogP contribution in [0.1, 0.15) is 11.5 Å². The van der Waals surface area contributed by atoms with Crippen LogP contribution >= 0.6 is 0 Å². The monoisotopic (exact) mass is 261 g/mol. The van der Waals surface area contributed by atoms with Crippen LogP contribution in [-0.2, 0) is 6.54 Å². The number of hydrogen-bond donors (Lipinski definition) is 2. The molecule has 2 aromatic heterocycles. The molecule has 0 fully saturated rings. The van der Waals surface area contributed by atoms with Crippen LogP contribution in [0.3, 0.4) is 0 Å². The zero-order valence-electron chi connectivity index (χ0n) is 11.3. The number of hydrogen-bond acceptors (Lipinski definition) is 6. The number of aromatic nitrogens is 2. The summed E-state index contributed by atoms with van der Waals surface area (Å²) in [6, 6.07) is 5.82. The van der Waals surface area contributed by atoms with E-state index in [-0.39, 0.29) is 0 Å². The molecule has 2 aromatic rings. The van der Waals surface area contributed by atoms with Gasteiger partial charge in [-0.25, -0.2) is 9.97 Å². The maximum absolute atomic E-state index is 5.55. The Balaban J connectivity index is 2.03. The van der Waals surface area contributed by atoms with Gasteiger partial charge < -0.3 is 20.4 Å². The molecule has 6 nitrogen and oxygen atoms in total. The fourth-order valence-corrected chi connectivity index (χ4v) is 1.74. The van der Waals surface area contributed by atoms with Crippen molar-refractivity contribution in [2.45, 2.75) is 13.5 Å². The largest absolute Gasteiger partial charge is 0.464 e. The highest BCUT2D eigenvalue weighted by atomic mass is 16.3. The van der Waals surface area contributed by atoms with Gasteiger partial charge in [0.2, 0.25) is 0 Å². The predicted octanol–water partition coefficient (Wildman–Crippen LogP) is 1.39. The maximum atomic E-state index is 5.55. The Morgan fingerprint density at radius 2 is 2.21 bits per heavy atom. The number of nitrogens with zero attached hydrogens (tertiary/aromatic N) is 3. The van der Waals surface area contributed by atoms with Crippen molar-refractivity contribution >= 4 is 11.6 Å². The lowest BCUT2D eigenvalue weighted by Gasteiger charge is -2.17. The summed E-state index contributed by atoms with van der Waals surface area (Å²) in [7, 11) is 1.97. The number of rotatable bonds is 6. The summed E-state index contributed by atoms with van der Waals surface area (Å²) in [6.07, 6.45) is 1.54. The molecule has 0 saturated heterocycles. The molecule has 102 valence electrons. The molecule has 0 spiro atoms. The number of nitrogens with two attached hydrogens (primary N) is 1. The summed E-state index contributed by atoms with van der Waals surface area (Å²) in [4.78, 5) is 10.4. The molecule has 0 atom stereocenters. The first-order valence-corrected chi connectivity index (χ1v) is 6.21. The van der Waals surface area contributed by atoms with Crippen molar-refractivity contribution in [3.63, 3.8) is 0 Å². The fraction of sp³-hybridized carbons (Fsp3) is 0.385. The van der Waals surface area contributed by atoms with Gasteiger partial charge in [-0.2, -0.15) is 0 Å². The molecule has 6 heteroatoms. The van der Waals surface area contributed by atoms with Crippen LogP contribution in [-0.4, -0.2) is 30.1 Å². The van der Waals surface area contributed by atoms with Gasteiger partial charge in [0.05, 0.1) is 6.54 Å². The van der Waals surface area contributed by atoms with E-state index < -0.39 is 0 Å². The normalized spacial score (nSPS) is 10.5. The molecule has 0 bridgehead atoms. The van der Waals surface area contributed by atoms with Crippen molar-refractivity contribution in [3.8, 4) is 0 Å². The van der Waals surface area contributed by atoms with Gasteiger partial charge in [-0.1, -0.05) is 0 Å². The van der Waals surface area contributed by atoms with Crippen molar-refractivity contribution in [2.75, 3.05) is 30.4 Å². The Labute approximate surface area is 112 Å². The van der Waals surface area contributed by atoms with Crippen LogP contribution in [0.15, 0.2) is 28.9 Å². The van der Waals surface area contributed by atoms with Gasteiger partial charge in [0, 0.05) is 26.2 Å². The van der Waals surface area contributed by atoms with E-state index in [2.05, 4.69) is 15.3 Å². The molecular weight excluding hydrogens is 242 g/mol. The number of furan rings is 1. The SMILES string of the molecule is Cc1ccc(CN(C)c2cc(NCCN)ncn2)o1. The van der Waals surface area contributed by atoms with E-state index in [1.165, 1.54) is 6.33 Å². The zero-order chi connectivity index (χ0) is 13.7. The fourth-order valence-electron chi connectivity index (χ4n) is 1.74. The minimum Gasteiger partial charge on any atom is -0.464 e. The average Bonchev–Trinajstić information content (AvgIpc) is 2.82. The summed E-state index contributed by atoms with van der Waals surface area (Å²) >= 11 is 0. The van der Waals surface area contributed by atoms with Crippen LogP contribution < -0.4 is 16.0 Å². The topological polar surface area (TPSA) is 80.2 Å². The van der Waals surface area contributed by atoms with Gasteiger partial charge in [-0.3, -0.25) is 0 Å². The van der Waals surface area contributed by atoms with E-state index >= 15 is 0 Å². The molecule has 0 aromatic carbocycles.